The summed E-state index contributed by atoms with van der Waals surface area (Å²) in [6.45, 7) is 2.37. The Morgan fingerprint density at radius 3 is 3.00 bits per heavy atom. The van der Waals surface area contributed by atoms with E-state index in [4.69, 9.17) is 16.3 Å². The SMILES string of the molecule is CCN1C(=O)OC[C@@H]1C(=O)NCc1ccc(F)cc1Cl. The van der Waals surface area contributed by atoms with Gasteiger partial charge in [-0.15, -0.1) is 0 Å². The molecule has 2 amide bonds. The summed E-state index contributed by atoms with van der Waals surface area (Å²) in [5.74, 6) is -0.755. The fourth-order valence-corrected chi connectivity index (χ4v) is 2.22. The Morgan fingerprint density at radius 1 is 1.60 bits per heavy atom. The number of cyclic esters (lactones) is 1. The van der Waals surface area contributed by atoms with Crippen molar-refractivity contribution < 1.29 is 18.7 Å². The average Bonchev–Trinajstić information content (AvgIpc) is 2.78. The van der Waals surface area contributed by atoms with Crippen LogP contribution >= 0.6 is 11.6 Å². The molecule has 108 valence electrons. The van der Waals surface area contributed by atoms with Gasteiger partial charge in [0.1, 0.15) is 18.5 Å². The number of benzene rings is 1. The summed E-state index contributed by atoms with van der Waals surface area (Å²) in [5, 5.41) is 2.91. The summed E-state index contributed by atoms with van der Waals surface area (Å²) < 4.78 is 17.7. The Labute approximate surface area is 120 Å². The molecule has 20 heavy (non-hydrogen) atoms. The zero-order chi connectivity index (χ0) is 14.7. The second-order valence-electron chi connectivity index (χ2n) is 4.33. The molecule has 1 aliphatic heterocycles. The number of likely N-dealkylation sites (N-methyl/N-ethyl adjacent to an activating group) is 1. The van der Waals surface area contributed by atoms with Gasteiger partial charge in [-0.2, -0.15) is 0 Å². The second-order valence-corrected chi connectivity index (χ2v) is 4.74. The van der Waals surface area contributed by atoms with Crippen molar-refractivity contribution in [3.63, 3.8) is 0 Å². The van der Waals surface area contributed by atoms with Crippen LogP contribution in [0, 0.1) is 5.82 Å². The highest BCUT2D eigenvalue weighted by Gasteiger charge is 2.36. The van der Waals surface area contributed by atoms with Crippen molar-refractivity contribution in [3.8, 4) is 0 Å². The van der Waals surface area contributed by atoms with Gasteiger partial charge in [0.15, 0.2) is 0 Å². The van der Waals surface area contributed by atoms with Gasteiger partial charge in [0.25, 0.3) is 0 Å². The van der Waals surface area contributed by atoms with E-state index in [1.165, 1.54) is 23.1 Å². The maximum Gasteiger partial charge on any atom is 0.410 e. The number of hydrogen-bond donors (Lipinski definition) is 1. The first-order valence-electron chi connectivity index (χ1n) is 6.18. The predicted molar refractivity (Wildman–Crippen MR) is 70.8 cm³/mol. The first-order valence-corrected chi connectivity index (χ1v) is 6.55. The molecule has 1 aromatic rings. The largest absolute Gasteiger partial charge is 0.447 e. The fraction of sp³-hybridized carbons (Fsp3) is 0.385. The predicted octanol–water partition coefficient (Wildman–Crippen LogP) is 1.94. The van der Waals surface area contributed by atoms with Crippen LogP contribution in [-0.4, -0.2) is 36.1 Å². The molecule has 1 saturated heterocycles. The molecular formula is C13H14ClFN2O3. The molecule has 0 aromatic heterocycles. The summed E-state index contributed by atoms with van der Waals surface area (Å²) >= 11 is 5.87. The van der Waals surface area contributed by atoms with Crippen LogP contribution in [-0.2, 0) is 16.1 Å². The molecule has 1 aliphatic rings. The lowest BCUT2D eigenvalue weighted by molar-refractivity contribution is -0.125. The summed E-state index contributed by atoms with van der Waals surface area (Å²) in [6.07, 6.45) is -0.493. The average molecular weight is 301 g/mol. The molecule has 1 N–H and O–H groups in total. The van der Waals surface area contributed by atoms with Gasteiger partial charge in [-0.25, -0.2) is 9.18 Å². The van der Waals surface area contributed by atoms with Crippen molar-refractivity contribution >= 4 is 23.6 Å². The first kappa shape index (κ1) is 14.6. The normalized spacial score (nSPS) is 18.1. The minimum Gasteiger partial charge on any atom is -0.447 e. The van der Waals surface area contributed by atoms with E-state index in [0.717, 1.165) is 0 Å². The van der Waals surface area contributed by atoms with Gasteiger partial charge in [0.05, 0.1) is 0 Å². The van der Waals surface area contributed by atoms with E-state index in [9.17, 15) is 14.0 Å². The molecule has 1 heterocycles. The van der Waals surface area contributed by atoms with Crippen molar-refractivity contribution in [1.82, 2.24) is 10.2 Å². The second kappa shape index (κ2) is 6.09. The smallest absolute Gasteiger partial charge is 0.410 e. The minimum absolute atomic E-state index is 0.0374. The van der Waals surface area contributed by atoms with E-state index >= 15 is 0 Å². The van der Waals surface area contributed by atoms with Crippen LogP contribution in [0.15, 0.2) is 18.2 Å². The van der Waals surface area contributed by atoms with Crippen LogP contribution in [0.25, 0.3) is 0 Å². The fourth-order valence-electron chi connectivity index (χ4n) is 1.98. The summed E-state index contributed by atoms with van der Waals surface area (Å²) in [6, 6.07) is 3.33. The van der Waals surface area contributed by atoms with Crippen LogP contribution in [0.5, 0.6) is 0 Å². The van der Waals surface area contributed by atoms with Crippen LogP contribution in [0.1, 0.15) is 12.5 Å². The number of halogens is 2. The van der Waals surface area contributed by atoms with E-state index in [1.54, 1.807) is 6.92 Å². The zero-order valence-electron chi connectivity index (χ0n) is 10.9. The molecule has 1 fully saturated rings. The minimum atomic E-state index is -0.633. The molecule has 1 atom stereocenters. The van der Waals surface area contributed by atoms with E-state index in [2.05, 4.69) is 5.32 Å². The van der Waals surface area contributed by atoms with Gasteiger partial charge in [0, 0.05) is 18.1 Å². The molecule has 0 spiro atoms. The molecule has 0 radical (unpaired) electrons. The third-order valence-corrected chi connectivity index (χ3v) is 3.44. The maximum absolute atomic E-state index is 12.9. The van der Waals surface area contributed by atoms with E-state index in [1.807, 2.05) is 0 Å². The summed E-state index contributed by atoms with van der Waals surface area (Å²) in [4.78, 5) is 24.7. The van der Waals surface area contributed by atoms with Gasteiger partial charge >= 0.3 is 6.09 Å². The summed E-state index contributed by atoms with van der Waals surface area (Å²) in [5.41, 5.74) is 0.606. The Hall–Kier alpha value is -1.82. The standard InChI is InChI=1S/C13H14ClFN2O3/c1-2-17-11(7-20-13(17)19)12(18)16-6-8-3-4-9(15)5-10(8)14/h3-5,11H,2,6-7H2,1H3,(H,16,18)/t11-/m1/s1. The molecule has 0 unspecified atom stereocenters. The highest BCUT2D eigenvalue weighted by atomic mass is 35.5. The molecule has 7 heteroatoms. The molecule has 0 aliphatic carbocycles. The Bertz CT molecular complexity index is 538. The van der Waals surface area contributed by atoms with Crippen molar-refractivity contribution in [2.75, 3.05) is 13.2 Å². The third-order valence-electron chi connectivity index (χ3n) is 3.09. The van der Waals surface area contributed by atoms with Crippen molar-refractivity contribution in [3.05, 3.63) is 34.6 Å². The molecular weight excluding hydrogens is 287 g/mol. The zero-order valence-corrected chi connectivity index (χ0v) is 11.6. The summed E-state index contributed by atoms with van der Waals surface area (Å²) in [7, 11) is 0. The first-order chi connectivity index (χ1) is 9.52. The van der Waals surface area contributed by atoms with Crippen molar-refractivity contribution in [1.29, 1.82) is 0 Å². The third kappa shape index (κ3) is 3.01. The highest BCUT2D eigenvalue weighted by molar-refractivity contribution is 6.31. The lowest BCUT2D eigenvalue weighted by atomic mass is 10.2. The number of ether oxygens (including phenoxy) is 1. The number of nitrogens with one attached hydrogen (secondary N) is 1. The number of amides is 2. The molecule has 5 nitrogen and oxygen atoms in total. The van der Waals surface area contributed by atoms with Crippen LogP contribution in [0.4, 0.5) is 9.18 Å². The van der Waals surface area contributed by atoms with Gasteiger partial charge in [-0.05, 0) is 24.6 Å². The number of nitrogens with zero attached hydrogens (tertiary/aromatic N) is 1. The monoisotopic (exact) mass is 300 g/mol. The van der Waals surface area contributed by atoms with Crippen molar-refractivity contribution in [2.24, 2.45) is 0 Å². The van der Waals surface area contributed by atoms with Crippen LogP contribution < -0.4 is 5.32 Å². The van der Waals surface area contributed by atoms with Crippen molar-refractivity contribution in [2.45, 2.75) is 19.5 Å². The Kier molecular flexibility index (Phi) is 4.44. The van der Waals surface area contributed by atoms with Gasteiger partial charge in [-0.1, -0.05) is 17.7 Å². The van der Waals surface area contributed by atoms with E-state index in [-0.39, 0.29) is 24.1 Å². The number of rotatable bonds is 4. The van der Waals surface area contributed by atoms with E-state index in [0.29, 0.717) is 12.1 Å². The van der Waals surface area contributed by atoms with E-state index < -0.39 is 18.0 Å². The number of carbonyl (C=O) groups is 2. The van der Waals surface area contributed by atoms with Gasteiger partial charge in [0.2, 0.25) is 5.91 Å². The molecule has 0 bridgehead atoms. The number of carbonyl (C=O) groups excluding carboxylic acids is 2. The number of hydrogen-bond acceptors (Lipinski definition) is 3. The lowest BCUT2D eigenvalue weighted by Crippen LogP contribution is -2.45. The maximum atomic E-state index is 12.9. The Morgan fingerprint density at radius 2 is 2.35 bits per heavy atom. The molecule has 0 saturated carbocycles. The van der Waals surface area contributed by atoms with Gasteiger partial charge in [-0.3, -0.25) is 9.69 Å². The highest BCUT2D eigenvalue weighted by Crippen LogP contribution is 2.17. The molecule has 2 rings (SSSR count). The quantitative estimate of drug-likeness (QED) is 0.924. The van der Waals surface area contributed by atoms with Gasteiger partial charge < -0.3 is 10.1 Å². The topological polar surface area (TPSA) is 58.6 Å². The van der Waals surface area contributed by atoms with Crippen LogP contribution in [0.3, 0.4) is 0 Å². The lowest BCUT2D eigenvalue weighted by Gasteiger charge is -2.18. The Balaban J connectivity index is 1.97. The van der Waals surface area contributed by atoms with Crippen LogP contribution in [0.2, 0.25) is 5.02 Å². The molecule has 1 aromatic carbocycles.